The Hall–Kier alpha value is -2.49. The smallest absolute Gasteiger partial charge is 0.303 e. The van der Waals surface area contributed by atoms with Crippen molar-refractivity contribution in [2.75, 3.05) is 13.2 Å². The quantitative estimate of drug-likeness (QED) is 0.675. The van der Waals surface area contributed by atoms with E-state index in [4.69, 9.17) is 14.6 Å². The predicted octanol–water partition coefficient (Wildman–Crippen LogP) is 3.94. The van der Waals surface area contributed by atoms with Gasteiger partial charge in [0.1, 0.15) is 11.5 Å². The summed E-state index contributed by atoms with van der Waals surface area (Å²) in [5.41, 5.74) is 1.01. The molecule has 0 fully saturated rings. The fourth-order valence-electron chi connectivity index (χ4n) is 2.10. The molecule has 0 saturated carbocycles. The third-order valence-corrected chi connectivity index (χ3v) is 3.37. The van der Waals surface area contributed by atoms with Gasteiger partial charge in [-0.3, -0.25) is 4.79 Å². The lowest BCUT2D eigenvalue weighted by atomic mass is 10.1. The first-order chi connectivity index (χ1) is 11.2. The number of benzene rings is 2. The van der Waals surface area contributed by atoms with Crippen LogP contribution in [0.25, 0.3) is 0 Å². The Morgan fingerprint density at radius 2 is 1.39 bits per heavy atom. The van der Waals surface area contributed by atoms with Crippen molar-refractivity contribution < 1.29 is 19.4 Å². The fraction of sp³-hybridized carbons (Fsp3) is 0.316. The number of carbonyl (C=O) groups is 1. The number of aryl methyl sites for hydroxylation is 1. The van der Waals surface area contributed by atoms with Gasteiger partial charge in [-0.25, -0.2) is 0 Å². The van der Waals surface area contributed by atoms with Crippen molar-refractivity contribution in [2.24, 2.45) is 0 Å². The molecule has 0 atom stereocenters. The van der Waals surface area contributed by atoms with E-state index < -0.39 is 5.97 Å². The summed E-state index contributed by atoms with van der Waals surface area (Å²) in [6, 6.07) is 17.4. The van der Waals surface area contributed by atoms with E-state index in [1.54, 1.807) is 0 Å². The van der Waals surface area contributed by atoms with Gasteiger partial charge in [0, 0.05) is 6.42 Å². The minimum atomic E-state index is -0.775. The number of rotatable bonds is 10. The predicted molar refractivity (Wildman–Crippen MR) is 89.1 cm³/mol. The van der Waals surface area contributed by atoms with E-state index >= 15 is 0 Å². The molecule has 0 spiro atoms. The minimum Gasteiger partial charge on any atom is -0.494 e. The van der Waals surface area contributed by atoms with E-state index in [-0.39, 0.29) is 6.42 Å². The molecule has 0 aliphatic carbocycles. The van der Waals surface area contributed by atoms with Crippen LogP contribution in [0.3, 0.4) is 0 Å². The number of aliphatic carboxylic acids is 1. The summed E-state index contributed by atoms with van der Waals surface area (Å²) >= 11 is 0. The van der Waals surface area contributed by atoms with E-state index in [1.807, 2.05) is 54.6 Å². The van der Waals surface area contributed by atoms with Crippen LogP contribution >= 0.6 is 0 Å². The molecule has 2 rings (SSSR count). The molecular weight excluding hydrogens is 292 g/mol. The Kier molecular flexibility index (Phi) is 6.98. The van der Waals surface area contributed by atoms with Gasteiger partial charge in [0.25, 0.3) is 0 Å². The van der Waals surface area contributed by atoms with Gasteiger partial charge >= 0.3 is 5.97 Å². The molecule has 0 radical (unpaired) electrons. The van der Waals surface area contributed by atoms with Crippen molar-refractivity contribution in [3.63, 3.8) is 0 Å². The van der Waals surface area contributed by atoms with Crippen LogP contribution in [-0.4, -0.2) is 24.3 Å². The van der Waals surface area contributed by atoms with Crippen molar-refractivity contribution in [1.29, 1.82) is 0 Å². The normalized spacial score (nSPS) is 10.3. The molecule has 2 aromatic rings. The van der Waals surface area contributed by atoms with Crippen LogP contribution < -0.4 is 9.47 Å². The molecule has 4 nitrogen and oxygen atoms in total. The van der Waals surface area contributed by atoms with E-state index in [0.717, 1.165) is 29.9 Å². The summed E-state index contributed by atoms with van der Waals surface area (Å²) in [6.45, 7) is 1.33. The van der Waals surface area contributed by atoms with E-state index in [1.165, 1.54) is 0 Å². The average Bonchev–Trinajstić information content (AvgIpc) is 2.58. The molecule has 1 N–H and O–H groups in total. The molecule has 4 heteroatoms. The topological polar surface area (TPSA) is 55.8 Å². The largest absolute Gasteiger partial charge is 0.494 e. The van der Waals surface area contributed by atoms with Gasteiger partial charge in [-0.05, 0) is 49.1 Å². The SMILES string of the molecule is O=C(O)CCc1ccc(OCCCCOc2ccccc2)cc1. The lowest BCUT2D eigenvalue weighted by molar-refractivity contribution is -0.136. The van der Waals surface area contributed by atoms with Crippen LogP contribution in [0, 0.1) is 0 Å². The highest BCUT2D eigenvalue weighted by atomic mass is 16.5. The van der Waals surface area contributed by atoms with Gasteiger partial charge in [0.2, 0.25) is 0 Å². The molecule has 0 saturated heterocycles. The Morgan fingerprint density at radius 3 is 1.96 bits per heavy atom. The number of para-hydroxylation sites is 1. The van der Waals surface area contributed by atoms with Gasteiger partial charge in [-0.2, -0.15) is 0 Å². The maximum absolute atomic E-state index is 10.5. The Balaban J connectivity index is 1.58. The van der Waals surface area contributed by atoms with Crippen LogP contribution in [0.5, 0.6) is 11.5 Å². The standard InChI is InChI=1S/C19H22O4/c20-19(21)13-10-16-8-11-18(12-9-16)23-15-5-4-14-22-17-6-2-1-3-7-17/h1-3,6-9,11-12H,4-5,10,13-15H2,(H,20,21). The van der Waals surface area contributed by atoms with E-state index in [9.17, 15) is 4.79 Å². The van der Waals surface area contributed by atoms with Crippen molar-refractivity contribution in [3.8, 4) is 11.5 Å². The molecule has 122 valence electrons. The van der Waals surface area contributed by atoms with Gasteiger partial charge in [-0.15, -0.1) is 0 Å². The first-order valence-electron chi connectivity index (χ1n) is 7.85. The zero-order valence-electron chi connectivity index (χ0n) is 13.1. The van der Waals surface area contributed by atoms with Crippen LogP contribution in [0.1, 0.15) is 24.8 Å². The minimum absolute atomic E-state index is 0.154. The second-order valence-electron chi connectivity index (χ2n) is 5.25. The van der Waals surface area contributed by atoms with E-state index in [0.29, 0.717) is 19.6 Å². The summed E-state index contributed by atoms with van der Waals surface area (Å²) in [5.74, 6) is 0.932. The summed E-state index contributed by atoms with van der Waals surface area (Å²) in [4.78, 5) is 10.5. The van der Waals surface area contributed by atoms with Gasteiger partial charge < -0.3 is 14.6 Å². The number of hydrogen-bond acceptors (Lipinski definition) is 3. The zero-order chi connectivity index (χ0) is 16.3. The van der Waals surface area contributed by atoms with Crippen LogP contribution in [0.4, 0.5) is 0 Å². The van der Waals surface area contributed by atoms with Gasteiger partial charge in [-0.1, -0.05) is 30.3 Å². The monoisotopic (exact) mass is 314 g/mol. The summed E-state index contributed by atoms with van der Waals surface area (Å²) in [7, 11) is 0. The van der Waals surface area contributed by atoms with E-state index in [2.05, 4.69) is 0 Å². The first kappa shape index (κ1) is 16.9. The van der Waals surface area contributed by atoms with Crippen molar-refractivity contribution in [1.82, 2.24) is 0 Å². The lowest BCUT2D eigenvalue weighted by Gasteiger charge is -2.08. The molecule has 0 amide bonds. The second kappa shape index (κ2) is 9.51. The maximum Gasteiger partial charge on any atom is 0.303 e. The molecule has 0 heterocycles. The van der Waals surface area contributed by atoms with Crippen LogP contribution in [0.15, 0.2) is 54.6 Å². The number of ether oxygens (including phenoxy) is 2. The van der Waals surface area contributed by atoms with Crippen LogP contribution in [0.2, 0.25) is 0 Å². The lowest BCUT2D eigenvalue weighted by Crippen LogP contribution is -2.02. The first-order valence-corrected chi connectivity index (χ1v) is 7.85. The molecular formula is C19H22O4. The highest BCUT2D eigenvalue weighted by Gasteiger charge is 2.00. The fourth-order valence-corrected chi connectivity index (χ4v) is 2.10. The number of unbranched alkanes of at least 4 members (excludes halogenated alkanes) is 1. The highest BCUT2D eigenvalue weighted by Crippen LogP contribution is 2.14. The zero-order valence-corrected chi connectivity index (χ0v) is 13.1. The molecule has 0 aliphatic rings. The van der Waals surface area contributed by atoms with Crippen molar-refractivity contribution in [3.05, 3.63) is 60.2 Å². The Labute approximate surface area is 136 Å². The molecule has 2 aromatic carbocycles. The molecule has 0 aromatic heterocycles. The van der Waals surface area contributed by atoms with Gasteiger partial charge in [0.15, 0.2) is 0 Å². The summed E-state index contributed by atoms with van der Waals surface area (Å²) < 4.78 is 11.3. The summed E-state index contributed by atoms with van der Waals surface area (Å²) in [6.07, 6.45) is 2.56. The van der Waals surface area contributed by atoms with Crippen molar-refractivity contribution in [2.45, 2.75) is 25.7 Å². The molecule has 0 bridgehead atoms. The third kappa shape index (κ3) is 6.87. The van der Waals surface area contributed by atoms with Crippen molar-refractivity contribution >= 4 is 5.97 Å². The number of hydrogen-bond donors (Lipinski definition) is 1. The third-order valence-electron chi connectivity index (χ3n) is 3.37. The number of carboxylic acid groups (broad SMARTS) is 1. The Bertz CT molecular complexity index is 578. The molecule has 0 unspecified atom stereocenters. The second-order valence-corrected chi connectivity index (χ2v) is 5.25. The maximum atomic E-state index is 10.5. The number of carboxylic acids is 1. The molecule has 0 aliphatic heterocycles. The van der Waals surface area contributed by atoms with Crippen LogP contribution in [-0.2, 0) is 11.2 Å². The average molecular weight is 314 g/mol. The summed E-state index contributed by atoms with van der Waals surface area (Å²) in [5, 5.41) is 8.65. The van der Waals surface area contributed by atoms with Gasteiger partial charge in [0.05, 0.1) is 13.2 Å². The molecule has 23 heavy (non-hydrogen) atoms. The Morgan fingerprint density at radius 1 is 0.826 bits per heavy atom. The highest BCUT2D eigenvalue weighted by molar-refractivity contribution is 5.67.